The minimum Gasteiger partial charge on any atom is -0.337 e. The number of carbonyl (C=O) groups excluding carboxylic acids is 2. The molecule has 8 heteroatoms. The van der Waals surface area contributed by atoms with E-state index >= 15 is 0 Å². The van der Waals surface area contributed by atoms with Crippen LogP contribution >= 0.6 is 0 Å². The number of piperidine rings is 1. The van der Waals surface area contributed by atoms with Crippen molar-refractivity contribution in [2.45, 2.75) is 32.0 Å². The summed E-state index contributed by atoms with van der Waals surface area (Å²) in [7, 11) is 2.00. The normalized spacial score (nSPS) is 25.4. The van der Waals surface area contributed by atoms with Gasteiger partial charge in [-0.3, -0.25) is 9.59 Å². The molecule has 0 N–H and O–H groups in total. The van der Waals surface area contributed by atoms with Gasteiger partial charge >= 0.3 is 12.1 Å². The number of nitrogens with zero attached hydrogens (tertiary/aromatic N) is 3. The Balaban J connectivity index is 1.89. The van der Waals surface area contributed by atoms with Gasteiger partial charge in [0.15, 0.2) is 0 Å². The molecule has 2 saturated heterocycles. The minimum atomic E-state index is -4.83. The van der Waals surface area contributed by atoms with Crippen LogP contribution in [-0.2, 0) is 9.59 Å². The van der Waals surface area contributed by atoms with Crippen molar-refractivity contribution in [1.82, 2.24) is 14.7 Å². The standard InChI is InChI=1S/C14H22F3N3O2/c1-10-9-18(2)7-8-20(10)12(21)11-3-5-19(6-4-11)13(22)14(15,16)17/h10-11H,3-9H2,1-2H3. The molecule has 0 aromatic rings. The SMILES string of the molecule is CC1CN(C)CCN1C(=O)C1CCN(C(=O)C(F)(F)F)CC1. The van der Waals surface area contributed by atoms with Crippen LogP contribution in [0, 0.1) is 5.92 Å². The molecule has 0 aromatic carbocycles. The van der Waals surface area contributed by atoms with Crippen molar-refractivity contribution >= 4 is 11.8 Å². The third-order valence-corrected chi connectivity index (χ3v) is 4.49. The monoisotopic (exact) mass is 321 g/mol. The van der Waals surface area contributed by atoms with Crippen LogP contribution < -0.4 is 0 Å². The molecule has 2 fully saturated rings. The number of hydrogen-bond donors (Lipinski definition) is 0. The lowest BCUT2D eigenvalue weighted by Crippen LogP contribution is -2.55. The lowest BCUT2D eigenvalue weighted by Gasteiger charge is -2.41. The number of halogens is 3. The van der Waals surface area contributed by atoms with Crippen molar-refractivity contribution in [1.29, 1.82) is 0 Å². The summed E-state index contributed by atoms with van der Waals surface area (Å²) in [4.78, 5) is 28.5. The van der Waals surface area contributed by atoms with E-state index in [0.29, 0.717) is 19.4 Å². The molecule has 126 valence electrons. The molecule has 2 amide bonds. The third-order valence-electron chi connectivity index (χ3n) is 4.49. The fraction of sp³-hybridized carbons (Fsp3) is 0.857. The molecule has 2 aliphatic heterocycles. The van der Waals surface area contributed by atoms with Crippen LogP contribution in [-0.4, -0.2) is 78.5 Å². The van der Waals surface area contributed by atoms with Crippen LogP contribution in [0.5, 0.6) is 0 Å². The van der Waals surface area contributed by atoms with Crippen LogP contribution in [0.25, 0.3) is 0 Å². The van der Waals surface area contributed by atoms with Crippen molar-refractivity contribution in [2.24, 2.45) is 5.92 Å². The average molecular weight is 321 g/mol. The van der Waals surface area contributed by atoms with Crippen molar-refractivity contribution < 1.29 is 22.8 Å². The first-order valence-corrected chi connectivity index (χ1v) is 7.55. The fourth-order valence-corrected chi connectivity index (χ4v) is 3.21. The largest absolute Gasteiger partial charge is 0.471 e. The molecule has 22 heavy (non-hydrogen) atoms. The molecule has 2 rings (SSSR count). The number of likely N-dealkylation sites (N-methyl/N-ethyl adjacent to an activating group) is 1. The smallest absolute Gasteiger partial charge is 0.337 e. The van der Waals surface area contributed by atoms with Gasteiger partial charge in [0.1, 0.15) is 0 Å². The van der Waals surface area contributed by atoms with Gasteiger partial charge in [0.2, 0.25) is 5.91 Å². The zero-order valence-electron chi connectivity index (χ0n) is 12.9. The molecule has 0 aromatic heterocycles. The molecule has 2 heterocycles. The Morgan fingerprint density at radius 3 is 2.14 bits per heavy atom. The number of likely N-dealkylation sites (tertiary alicyclic amines) is 1. The van der Waals surface area contributed by atoms with Gasteiger partial charge in [-0.25, -0.2) is 0 Å². The molecule has 1 atom stereocenters. The Kier molecular flexibility index (Phi) is 4.99. The van der Waals surface area contributed by atoms with Crippen molar-refractivity contribution in [3.63, 3.8) is 0 Å². The van der Waals surface area contributed by atoms with Gasteiger partial charge in [-0.1, -0.05) is 0 Å². The second kappa shape index (κ2) is 6.44. The van der Waals surface area contributed by atoms with Crippen LogP contribution in [0.1, 0.15) is 19.8 Å². The highest BCUT2D eigenvalue weighted by Crippen LogP contribution is 2.26. The van der Waals surface area contributed by atoms with Crippen LogP contribution in [0.2, 0.25) is 0 Å². The maximum atomic E-state index is 12.5. The highest BCUT2D eigenvalue weighted by Gasteiger charge is 2.44. The van der Waals surface area contributed by atoms with Crippen LogP contribution in [0.15, 0.2) is 0 Å². The highest BCUT2D eigenvalue weighted by molar-refractivity contribution is 5.83. The maximum Gasteiger partial charge on any atom is 0.471 e. The van der Waals surface area contributed by atoms with Gasteiger partial charge in [-0.15, -0.1) is 0 Å². The minimum absolute atomic E-state index is 0.00310. The Bertz CT molecular complexity index is 434. The zero-order valence-corrected chi connectivity index (χ0v) is 12.9. The van der Waals surface area contributed by atoms with Crippen LogP contribution in [0.3, 0.4) is 0 Å². The van der Waals surface area contributed by atoms with E-state index in [-0.39, 0.29) is 31.0 Å². The Morgan fingerprint density at radius 1 is 1.05 bits per heavy atom. The van der Waals surface area contributed by atoms with Gasteiger partial charge < -0.3 is 14.7 Å². The summed E-state index contributed by atoms with van der Waals surface area (Å²) in [5, 5.41) is 0. The van der Waals surface area contributed by atoms with Crippen molar-refractivity contribution in [3.05, 3.63) is 0 Å². The third kappa shape index (κ3) is 3.71. The van der Waals surface area contributed by atoms with E-state index in [1.54, 1.807) is 0 Å². The quantitative estimate of drug-likeness (QED) is 0.722. The Hall–Kier alpha value is -1.31. The number of rotatable bonds is 1. The summed E-state index contributed by atoms with van der Waals surface area (Å²) in [6.45, 7) is 4.24. The molecule has 0 bridgehead atoms. The molecule has 0 aliphatic carbocycles. The van der Waals surface area contributed by atoms with E-state index in [1.165, 1.54) is 0 Å². The van der Waals surface area contributed by atoms with E-state index in [2.05, 4.69) is 4.90 Å². The molecule has 0 radical (unpaired) electrons. The summed E-state index contributed by atoms with van der Waals surface area (Å²) in [6, 6.07) is 0.112. The summed E-state index contributed by atoms with van der Waals surface area (Å²) in [5.41, 5.74) is 0. The van der Waals surface area contributed by atoms with Gasteiger partial charge in [0.05, 0.1) is 0 Å². The van der Waals surface area contributed by atoms with Crippen LogP contribution in [0.4, 0.5) is 13.2 Å². The zero-order chi connectivity index (χ0) is 16.5. The first kappa shape index (κ1) is 17.1. The summed E-state index contributed by atoms with van der Waals surface area (Å²) in [5.74, 6) is -2.06. The predicted octanol–water partition coefficient (Wildman–Crippen LogP) is 0.950. The van der Waals surface area contributed by atoms with E-state index in [1.807, 2.05) is 18.9 Å². The van der Waals surface area contributed by atoms with E-state index < -0.39 is 12.1 Å². The molecule has 2 aliphatic rings. The number of carbonyl (C=O) groups is 2. The van der Waals surface area contributed by atoms with E-state index in [0.717, 1.165) is 18.0 Å². The van der Waals surface area contributed by atoms with Gasteiger partial charge in [-0.2, -0.15) is 13.2 Å². The Labute approximate surface area is 128 Å². The molecular formula is C14H22F3N3O2. The number of piperazine rings is 1. The van der Waals surface area contributed by atoms with Gasteiger partial charge in [0.25, 0.3) is 0 Å². The van der Waals surface area contributed by atoms with Gasteiger partial charge in [0, 0.05) is 44.7 Å². The average Bonchev–Trinajstić information content (AvgIpc) is 2.45. The number of amides is 2. The topological polar surface area (TPSA) is 43.9 Å². The first-order valence-electron chi connectivity index (χ1n) is 7.55. The number of hydrogen-bond acceptors (Lipinski definition) is 3. The highest BCUT2D eigenvalue weighted by atomic mass is 19.4. The first-order chi connectivity index (χ1) is 10.2. The molecule has 0 saturated carbocycles. The second-order valence-corrected chi connectivity index (χ2v) is 6.21. The van der Waals surface area contributed by atoms with Crippen molar-refractivity contribution in [2.75, 3.05) is 39.8 Å². The second-order valence-electron chi connectivity index (χ2n) is 6.21. The fourth-order valence-electron chi connectivity index (χ4n) is 3.21. The maximum absolute atomic E-state index is 12.5. The number of alkyl halides is 3. The lowest BCUT2D eigenvalue weighted by molar-refractivity contribution is -0.187. The summed E-state index contributed by atoms with van der Waals surface area (Å²) >= 11 is 0. The predicted molar refractivity (Wildman–Crippen MR) is 74.0 cm³/mol. The van der Waals surface area contributed by atoms with Crippen molar-refractivity contribution in [3.8, 4) is 0 Å². The summed E-state index contributed by atoms with van der Waals surface area (Å²) in [6.07, 6.45) is -4.22. The van der Waals surface area contributed by atoms with E-state index in [4.69, 9.17) is 0 Å². The molecule has 5 nitrogen and oxygen atoms in total. The molecule has 0 spiro atoms. The van der Waals surface area contributed by atoms with E-state index in [9.17, 15) is 22.8 Å². The van der Waals surface area contributed by atoms with Gasteiger partial charge in [-0.05, 0) is 26.8 Å². The Morgan fingerprint density at radius 2 is 1.64 bits per heavy atom. The lowest BCUT2D eigenvalue weighted by atomic mass is 9.94. The summed E-state index contributed by atoms with van der Waals surface area (Å²) < 4.78 is 37.2. The molecule has 1 unspecified atom stereocenters. The molecular weight excluding hydrogens is 299 g/mol.